The van der Waals surface area contributed by atoms with Crippen LogP contribution in [0.2, 0.25) is 0 Å². The van der Waals surface area contributed by atoms with Crippen LogP contribution in [0.15, 0.2) is 47.4 Å². The lowest BCUT2D eigenvalue weighted by Gasteiger charge is -2.08. The van der Waals surface area contributed by atoms with Crippen LogP contribution in [0.5, 0.6) is 0 Å². The summed E-state index contributed by atoms with van der Waals surface area (Å²) in [4.78, 5) is 11.7. The lowest BCUT2D eigenvalue weighted by atomic mass is 10.2. The van der Waals surface area contributed by atoms with Crippen LogP contribution >= 0.6 is 0 Å². The Morgan fingerprint density at radius 3 is 2.36 bits per heavy atom. The molecule has 0 aliphatic rings. The fraction of sp³-hybridized carbons (Fsp3) is 0.133. The van der Waals surface area contributed by atoms with Crippen LogP contribution in [0.4, 0.5) is 14.5 Å². The standard InChI is InChI=1S/C15H13F2NO3S/c1-10-2-5-12(6-3-10)22(20,21)9-15(19)18-14-8-11(16)4-7-13(14)17/h2-8H,9H2,1H3,(H,18,19). The number of aryl methyl sites for hydroxylation is 1. The Morgan fingerprint density at radius 2 is 1.73 bits per heavy atom. The van der Waals surface area contributed by atoms with E-state index in [1.54, 1.807) is 19.1 Å². The predicted molar refractivity (Wildman–Crippen MR) is 78.2 cm³/mol. The van der Waals surface area contributed by atoms with Crippen LogP contribution in [0.1, 0.15) is 5.56 Å². The molecule has 2 rings (SSSR count). The van der Waals surface area contributed by atoms with Gasteiger partial charge in [0.25, 0.3) is 0 Å². The summed E-state index contributed by atoms with van der Waals surface area (Å²) in [5, 5.41) is 2.06. The van der Waals surface area contributed by atoms with Crippen LogP contribution in [0.3, 0.4) is 0 Å². The molecule has 0 aliphatic carbocycles. The van der Waals surface area contributed by atoms with Gasteiger partial charge < -0.3 is 5.32 Å². The zero-order valence-electron chi connectivity index (χ0n) is 11.6. The Labute approximate surface area is 126 Å². The minimum absolute atomic E-state index is 0.00651. The molecule has 22 heavy (non-hydrogen) atoms. The lowest BCUT2D eigenvalue weighted by Crippen LogP contribution is -2.23. The lowest BCUT2D eigenvalue weighted by molar-refractivity contribution is -0.113. The number of benzene rings is 2. The summed E-state index contributed by atoms with van der Waals surface area (Å²) in [7, 11) is -3.85. The van der Waals surface area contributed by atoms with Crippen molar-refractivity contribution in [2.24, 2.45) is 0 Å². The number of hydrogen-bond donors (Lipinski definition) is 1. The van der Waals surface area contributed by atoms with E-state index in [9.17, 15) is 22.0 Å². The normalized spacial score (nSPS) is 11.2. The van der Waals surface area contributed by atoms with E-state index >= 15 is 0 Å². The number of amides is 1. The number of halogens is 2. The van der Waals surface area contributed by atoms with E-state index < -0.39 is 38.8 Å². The molecular weight excluding hydrogens is 312 g/mol. The summed E-state index contributed by atoms with van der Waals surface area (Å²) in [5.41, 5.74) is 0.481. The van der Waals surface area contributed by atoms with Crippen molar-refractivity contribution in [3.8, 4) is 0 Å². The van der Waals surface area contributed by atoms with Gasteiger partial charge in [0.1, 0.15) is 17.4 Å². The number of rotatable bonds is 4. The fourth-order valence-corrected chi connectivity index (χ4v) is 2.92. The van der Waals surface area contributed by atoms with Crippen molar-refractivity contribution in [3.63, 3.8) is 0 Å². The first kappa shape index (κ1) is 16.1. The van der Waals surface area contributed by atoms with Crippen molar-refractivity contribution >= 4 is 21.4 Å². The van der Waals surface area contributed by atoms with Gasteiger partial charge in [0.05, 0.1) is 10.6 Å². The Bertz CT molecular complexity index is 802. The average Bonchev–Trinajstić information content (AvgIpc) is 2.42. The van der Waals surface area contributed by atoms with Gasteiger partial charge in [0, 0.05) is 6.07 Å². The molecule has 0 saturated heterocycles. The highest BCUT2D eigenvalue weighted by atomic mass is 32.2. The van der Waals surface area contributed by atoms with Gasteiger partial charge in [-0.3, -0.25) is 4.79 Å². The molecule has 0 aliphatic heterocycles. The third-order valence-corrected chi connectivity index (χ3v) is 4.54. The van der Waals surface area contributed by atoms with E-state index in [0.717, 1.165) is 23.8 Å². The van der Waals surface area contributed by atoms with Gasteiger partial charge in [-0.15, -0.1) is 0 Å². The first-order valence-electron chi connectivity index (χ1n) is 6.32. The molecule has 116 valence electrons. The quantitative estimate of drug-likeness (QED) is 0.940. The number of nitrogens with one attached hydrogen (secondary N) is 1. The molecule has 1 N–H and O–H groups in total. The number of carbonyl (C=O) groups is 1. The van der Waals surface area contributed by atoms with Crippen LogP contribution in [-0.2, 0) is 14.6 Å². The van der Waals surface area contributed by atoms with Gasteiger partial charge >= 0.3 is 0 Å². The molecule has 1 amide bonds. The molecule has 0 atom stereocenters. The topological polar surface area (TPSA) is 63.2 Å². The molecule has 2 aromatic rings. The van der Waals surface area contributed by atoms with E-state index in [1.165, 1.54) is 12.1 Å². The smallest absolute Gasteiger partial charge is 0.240 e. The van der Waals surface area contributed by atoms with E-state index in [-0.39, 0.29) is 4.90 Å². The average molecular weight is 325 g/mol. The largest absolute Gasteiger partial charge is 0.323 e. The summed E-state index contributed by atoms with van der Waals surface area (Å²) in [6.45, 7) is 1.80. The van der Waals surface area contributed by atoms with Crippen LogP contribution in [0.25, 0.3) is 0 Å². The monoisotopic (exact) mass is 325 g/mol. The maximum absolute atomic E-state index is 13.4. The molecule has 0 heterocycles. The maximum Gasteiger partial charge on any atom is 0.240 e. The minimum Gasteiger partial charge on any atom is -0.323 e. The van der Waals surface area contributed by atoms with E-state index in [4.69, 9.17) is 0 Å². The Balaban J connectivity index is 2.14. The summed E-state index contributed by atoms with van der Waals surface area (Å²) < 4.78 is 50.5. The zero-order valence-corrected chi connectivity index (χ0v) is 12.5. The minimum atomic E-state index is -3.85. The van der Waals surface area contributed by atoms with E-state index in [1.807, 2.05) is 0 Å². The van der Waals surface area contributed by atoms with Crippen LogP contribution in [0, 0.1) is 18.6 Å². The second-order valence-electron chi connectivity index (χ2n) is 4.74. The number of hydrogen-bond acceptors (Lipinski definition) is 3. The second-order valence-corrected chi connectivity index (χ2v) is 6.73. The van der Waals surface area contributed by atoms with Crippen molar-refractivity contribution in [2.75, 3.05) is 11.1 Å². The van der Waals surface area contributed by atoms with Gasteiger partial charge in [-0.2, -0.15) is 0 Å². The van der Waals surface area contributed by atoms with Gasteiger partial charge in [-0.25, -0.2) is 17.2 Å². The van der Waals surface area contributed by atoms with E-state index in [2.05, 4.69) is 5.32 Å². The van der Waals surface area contributed by atoms with Gasteiger partial charge in [-0.1, -0.05) is 17.7 Å². The van der Waals surface area contributed by atoms with E-state index in [0.29, 0.717) is 0 Å². The molecule has 0 fully saturated rings. The molecule has 0 radical (unpaired) electrons. The summed E-state index contributed by atoms with van der Waals surface area (Å²) in [6, 6.07) is 8.52. The van der Waals surface area contributed by atoms with Crippen molar-refractivity contribution in [2.45, 2.75) is 11.8 Å². The molecule has 0 spiro atoms. The molecule has 2 aromatic carbocycles. The van der Waals surface area contributed by atoms with Crippen LogP contribution in [-0.4, -0.2) is 20.1 Å². The number of anilines is 1. The first-order chi connectivity index (χ1) is 10.3. The summed E-state index contributed by atoms with van der Waals surface area (Å²) >= 11 is 0. The summed E-state index contributed by atoms with van der Waals surface area (Å²) in [6.07, 6.45) is 0. The first-order valence-corrected chi connectivity index (χ1v) is 7.97. The highest BCUT2D eigenvalue weighted by Crippen LogP contribution is 2.16. The molecule has 0 unspecified atom stereocenters. The predicted octanol–water partition coefficient (Wildman–Crippen LogP) is 2.69. The Kier molecular flexibility index (Phi) is 4.56. The second kappa shape index (κ2) is 6.23. The third-order valence-electron chi connectivity index (χ3n) is 2.90. The Hall–Kier alpha value is -2.28. The molecule has 0 aromatic heterocycles. The molecule has 0 bridgehead atoms. The van der Waals surface area contributed by atoms with Gasteiger partial charge in [0.15, 0.2) is 9.84 Å². The molecule has 4 nitrogen and oxygen atoms in total. The van der Waals surface area contributed by atoms with Crippen molar-refractivity contribution < 1.29 is 22.0 Å². The third kappa shape index (κ3) is 3.88. The molecular formula is C15H13F2NO3S. The highest BCUT2D eigenvalue weighted by molar-refractivity contribution is 7.92. The van der Waals surface area contributed by atoms with Gasteiger partial charge in [0.2, 0.25) is 5.91 Å². The van der Waals surface area contributed by atoms with Crippen molar-refractivity contribution in [1.29, 1.82) is 0 Å². The highest BCUT2D eigenvalue weighted by Gasteiger charge is 2.20. The fourth-order valence-electron chi connectivity index (χ4n) is 1.78. The SMILES string of the molecule is Cc1ccc(S(=O)(=O)CC(=O)Nc2cc(F)ccc2F)cc1. The van der Waals surface area contributed by atoms with Crippen molar-refractivity contribution in [1.82, 2.24) is 0 Å². The number of carbonyl (C=O) groups excluding carboxylic acids is 1. The van der Waals surface area contributed by atoms with Gasteiger partial charge in [-0.05, 0) is 31.2 Å². The maximum atomic E-state index is 13.4. The number of sulfone groups is 1. The van der Waals surface area contributed by atoms with Crippen LogP contribution < -0.4 is 5.32 Å². The summed E-state index contributed by atoms with van der Waals surface area (Å²) in [5.74, 6) is -3.38. The molecule has 7 heteroatoms. The Morgan fingerprint density at radius 1 is 1.09 bits per heavy atom. The zero-order chi connectivity index (χ0) is 16.3. The molecule has 0 saturated carbocycles. The van der Waals surface area contributed by atoms with Crippen molar-refractivity contribution in [3.05, 3.63) is 59.7 Å².